The van der Waals surface area contributed by atoms with Gasteiger partial charge in [-0.3, -0.25) is 9.59 Å². The number of carbonyl (C=O) groups excluding carboxylic acids is 2. The van der Waals surface area contributed by atoms with Gasteiger partial charge in [-0.15, -0.1) is 0 Å². The molecule has 1 heterocycles. The fraction of sp³-hybridized carbons (Fsp3) is 0.600. The minimum atomic E-state index is -1.12. The molecule has 6 heteroatoms. The number of ketones is 1. The van der Waals surface area contributed by atoms with E-state index in [1.807, 2.05) is 0 Å². The van der Waals surface area contributed by atoms with Crippen molar-refractivity contribution in [1.82, 2.24) is 4.90 Å². The van der Waals surface area contributed by atoms with Gasteiger partial charge < -0.3 is 15.1 Å². The molecule has 26 heavy (non-hydrogen) atoms. The third-order valence-corrected chi connectivity index (χ3v) is 5.18. The van der Waals surface area contributed by atoms with Gasteiger partial charge in [-0.25, -0.2) is 0 Å². The molecule has 0 spiro atoms. The van der Waals surface area contributed by atoms with Crippen LogP contribution in [0.2, 0.25) is 5.02 Å². The van der Waals surface area contributed by atoms with E-state index in [9.17, 15) is 19.8 Å². The number of aliphatic hydroxyl groups excluding tert-OH is 2. The normalized spacial score (nSPS) is 18.8. The number of rotatable bonds is 6. The SMILES string of the molecule is CC(C)(C)[C@@H](O)C(=O)N1CCC[C@H]1C(=O)CCc1cc(Cl)ccc1CO. The Morgan fingerprint density at radius 3 is 2.62 bits per heavy atom. The van der Waals surface area contributed by atoms with Gasteiger partial charge in [-0.1, -0.05) is 38.4 Å². The fourth-order valence-corrected chi connectivity index (χ4v) is 3.49. The van der Waals surface area contributed by atoms with Crippen LogP contribution in [0.25, 0.3) is 0 Å². The topological polar surface area (TPSA) is 77.8 Å². The first kappa shape index (κ1) is 20.9. The second-order valence-corrected chi connectivity index (χ2v) is 8.43. The lowest BCUT2D eigenvalue weighted by Gasteiger charge is -2.31. The monoisotopic (exact) mass is 381 g/mol. The molecule has 0 bridgehead atoms. The Kier molecular flexibility index (Phi) is 6.83. The van der Waals surface area contributed by atoms with E-state index in [0.29, 0.717) is 24.4 Å². The van der Waals surface area contributed by atoms with Gasteiger partial charge >= 0.3 is 0 Å². The summed E-state index contributed by atoms with van der Waals surface area (Å²) in [6.07, 6.45) is 1.01. The van der Waals surface area contributed by atoms with Crippen LogP contribution in [0.15, 0.2) is 18.2 Å². The molecular formula is C20H28ClNO4. The summed E-state index contributed by atoms with van der Waals surface area (Å²) in [5.74, 6) is -0.382. The number of hydrogen-bond donors (Lipinski definition) is 2. The average molecular weight is 382 g/mol. The van der Waals surface area contributed by atoms with Crippen LogP contribution in [-0.2, 0) is 22.6 Å². The molecule has 1 saturated heterocycles. The number of likely N-dealkylation sites (tertiary alicyclic amines) is 1. The number of carbonyl (C=O) groups is 2. The molecule has 1 aliphatic rings. The summed E-state index contributed by atoms with van der Waals surface area (Å²) in [5, 5.41) is 20.3. The highest BCUT2D eigenvalue weighted by Gasteiger charge is 2.39. The van der Waals surface area contributed by atoms with Crippen molar-refractivity contribution in [2.75, 3.05) is 6.54 Å². The average Bonchev–Trinajstić information content (AvgIpc) is 3.07. The van der Waals surface area contributed by atoms with Crippen molar-refractivity contribution in [2.24, 2.45) is 5.41 Å². The molecule has 0 aliphatic carbocycles. The molecule has 0 saturated carbocycles. The van der Waals surface area contributed by atoms with E-state index in [1.165, 1.54) is 4.90 Å². The van der Waals surface area contributed by atoms with Crippen molar-refractivity contribution in [2.45, 2.75) is 65.2 Å². The van der Waals surface area contributed by atoms with Gasteiger partial charge in [0, 0.05) is 18.0 Å². The number of Topliss-reactive ketones (excluding diaryl/α,β-unsaturated/α-hetero) is 1. The maximum atomic E-state index is 12.7. The summed E-state index contributed by atoms with van der Waals surface area (Å²) in [6, 6.07) is 4.76. The van der Waals surface area contributed by atoms with Gasteiger partial charge in [0.2, 0.25) is 0 Å². The Balaban J connectivity index is 2.05. The first-order chi connectivity index (χ1) is 12.1. The number of nitrogens with zero attached hydrogens (tertiary/aromatic N) is 1. The van der Waals surface area contributed by atoms with Crippen molar-refractivity contribution in [1.29, 1.82) is 0 Å². The quantitative estimate of drug-likeness (QED) is 0.794. The van der Waals surface area contributed by atoms with Gasteiger partial charge in [-0.2, -0.15) is 0 Å². The molecule has 2 N–H and O–H groups in total. The fourth-order valence-electron chi connectivity index (χ4n) is 3.30. The summed E-state index contributed by atoms with van der Waals surface area (Å²) in [5.41, 5.74) is 1.04. The van der Waals surface area contributed by atoms with Gasteiger partial charge in [0.1, 0.15) is 6.10 Å². The Morgan fingerprint density at radius 2 is 2.00 bits per heavy atom. The van der Waals surface area contributed by atoms with E-state index in [1.54, 1.807) is 39.0 Å². The maximum absolute atomic E-state index is 12.7. The van der Waals surface area contributed by atoms with Gasteiger partial charge in [0.15, 0.2) is 5.78 Å². The highest BCUT2D eigenvalue weighted by Crippen LogP contribution is 2.27. The van der Waals surface area contributed by atoms with Crippen molar-refractivity contribution >= 4 is 23.3 Å². The van der Waals surface area contributed by atoms with Crippen LogP contribution in [0.5, 0.6) is 0 Å². The summed E-state index contributed by atoms with van der Waals surface area (Å²) in [4.78, 5) is 26.8. The largest absolute Gasteiger partial charge is 0.392 e. The van der Waals surface area contributed by atoms with Crippen LogP contribution in [0, 0.1) is 5.41 Å². The maximum Gasteiger partial charge on any atom is 0.252 e. The molecule has 1 aromatic rings. The number of amides is 1. The van der Waals surface area contributed by atoms with E-state index in [-0.39, 0.29) is 24.7 Å². The highest BCUT2D eigenvalue weighted by atomic mass is 35.5. The molecule has 1 fully saturated rings. The lowest BCUT2D eigenvalue weighted by atomic mass is 9.88. The standard InChI is InChI=1S/C20H28ClNO4/c1-20(2,3)18(25)19(26)22-10-4-5-16(22)17(24)9-7-13-11-15(21)8-6-14(13)12-23/h6,8,11,16,18,23,25H,4-5,7,9-10,12H2,1-3H3/t16-,18-/m0/s1. The van der Waals surface area contributed by atoms with Crippen molar-refractivity contribution in [3.8, 4) is 0 Å². The number of hydrogen-bond acceptors (Lipinski definition) is 4. The van der Waals surface area contributed by atoms with E-state index in [2.05, 4.69) is 0 Å². The summed E-state index contributed by atoms with van der Waals surface area (Å²) in [7, 11) is 0. The Morgan fingerprint density at radius 1 is 1.31 bits per heavy atom. The molecule has 1 amide bonds. The third kappa shape index (κ3) is 4.84. The number of benzene rings is 1. The van der Waals surface area contributed by atoms with E-state index >= 15 is 0 Å². The molecular weight excluding hydrogens is 354 g/mol. The Labute approximate surface area is 160 Å². The van der Waals surface area contributed by atoms with Crippen LogP contribution in [0.3, 0.4) is 0 Å². The lowest BCUT2D eigenvalue weighted by Crippen LogP contribution is -2.49. The molecule has 2 rings (SSSR count). The predicted octanol–water partition coefficient (Wildman–Crippen LogP) is 2.73. The Hall–Kier alpha value is -1.43. The number of halogens is 1. The zero-order valence-electron chi connectivity index (χ0n) is 15.7. The van der Waals surface area contributed by atoms with Crippen LogP contribution in [0.4, 0.5) is 0 Å². The highest BCUT2D eigenvalue weighted by molar-refractivity contribution is 6.30. The van der Waals surface area contributed by atoms with Crippen LogP contribution < -0.4 is 0 Å². The van der Waals surface area contributed by atoms with Crippen molar-refractivity contribution < 1.29 is 19.8 Å². The van der Waals surface area contributed by atoms with E-state index in [0.717, 1.165) is 17.5 Å². The van der Waals surface area contributed by atoms with Crippen LogP contribution in [-0.4, -0.2) is 45.5 Å². The van der Waals surface area contributed by atoms with Crippen molar-refractivity contribution in [3.05, 3.63) is 34.3 Å². The van der Waals surface area contributed by atoms with Crippen molar-refractivity contribution in [3.63, 3.8) is 0 Å². The third-order valence-electron chi connectivity index (χ3n) is 4.94. The molecule has 5 nitrogen and oxygen atoms in total. The Bertz CT molecular complexity index is 668. The zero-order valence-corrected chi connectivity index (χ0v) is 16.4. The number of aryl methyl sites for hydroxylation is 1. The smallest absolute Gasteiger partial charge is 0.252 e. The molecule has 0 aromatic heterocycles. The predicted molar refractivity (Wildman–Crippen MR) is 101 cm³/mol. The van der Waals surface area contributed by atoms with Gasteiger partial charge in [0.05, 0.1) is 12.6 Å². The van der Waals surface area contributed by atoms with E-state index in [4.69, 9.17) is 11.6 Å². The minimum Gasteiger partial charge on any atom is -0.392 e. The first-order valence-corrected chi connectivity index (χ1v) is 9.42. The van der Waals surface area contributed by atoms with E-state index < -0.39 is 17.6 Å². The van der Waals surface area contributed by atoms with Crippen LogP contribution >= 0.6 is 11.6 Å². The molecule has 0 unspecified atom stereocenters. The molecule has 144 valence electrons. The summed E-state index contributed by atoms with van der Waals surface area (Å²) < 4.78 is 0. The first-order valence-electron chi connectivity index (χ1n) is 9.04. The summed E-state index contributed by atoms with van der Waals surface area (Å²) >= 11 is 6.01. The van der Waals surface area contributed by atoms with Gasteiger partial charge in [0.25, 0.3) is 5.91 Å². The summed E-state index contributed by atoms with van der Waals surface area (Å²) in [6.45, 7) is 5.81. The molecule has 2 atom stereocenters. The molecule has 1 aliphatic heterocycles. The zero-order chi connectivity index (χ0) is 19.5. The molecule has 1 aromatic carbocycles. The number of aliphatic hydroxyl groups is 2. The van der Waals surface area contributed by atoms with Crippen LogP contribution in [0.1, 0.15) is 51.2 Å². The second-order valence-electron chi connectivity index (χ2n) is 8.00. The second kappa shape index (κ2) is 8.51. The minimum absolute atomic E-state index is 0.0131. The lowest BCUT2D eigenvalue weighted by molar-refractivity contribution is -0.149. The van der Waals surface area contributed by atoms with Gasteiger partial charge in [-0.05, 0) is 47.9 Å². The molecule has 0 radical (unpaired) electrons.